The van der Waals surface area contributed by atoms with Crippen LogP contribution in [0, 0.1) is 0 Å². The molecule has 0 radical (unpaired) electrons. The van der Waals surface area contributed by atoms with Crippen LogP contribution < -0.4 is 10.6 Å². The van der Waals surface area contributed by atoms with Crippen LogP contribution in [0.3, 0.4) is 0 Å². The minimum atomic E-state index is -0.487. The van der Waals surface area contributed by atoms with E-state index in [2.05, 4.69) is 39.8 Å². The van der Waals surface area contributed by atoms with Crippen molar-refractivity contribution in [2.45, 2.75) is 64.3 Å². The summed E-state index contributed by atoms with van der Waals surface area (Å²) in [5.41, 5.74) is 5.94. The number of aliphatic hydroxyl groups is 1. The third-order valence-corrected chi connectivity index (χ3v) is 8.12. The van der Waals surface area contributed by atoms with E-state index in [1.54, 1.807) is 6.92 Å². The molecule has 0 saturated carbocycles. The number of esters is 1. The highest BCUT2D eigenvalue weighted by molar-refractivity contribution is 5.80. The first-order chi connectivity index (χ1) is 21.5. The van der Waals surface area contributed by atoms with Gasteiger partial charge in [0.1, 0.15) is 6.54 Å². The van der Waals surface area contributed by atoms with Gasteiger partial charge in [-0.2, -0.15) is 0 Å². The molecule has 2 saturated heterocycles. The second kappa shape index (κ2) is 15.8. The molecule has 0 bridgehead atoms. The molecule has 3 unspecified atom stereocenters. The van der Waals surface area contributed by atoms with E-state index < -0.39 is 18.3 Å². The molecule has 234 valence electrons. The van der Waals surface area contributed by atoms with E-state index in [1.165, 1.54) is 19.3 Å². The van der Waals surface area contributed by atoms with Gasteiger partial charge < -0.3 is 34.9 Å². The molecule has 2 heterocycles. The predicted octanol–water partition coefficient (Wildman–Crippen LogP) is 5.24. The van der Waals surface area contributed by atoms with E-state index in [0.29, 0.717) is 6.54 Å². The van der Waals surface area contributed by atoms with Crippen LogP contribution in [0.25, 0.3) is 11.1 Å². The standard InChI is InChI=1S/C35H43N3O6/c1-2-42-33(40)22-37-35(41)36-21-26-7-6-8-30(19-26)27-13-15-29(16-14-27)34-43-31(23-38-17-4-3-5-18-38)20-32(44-34)28-11-9-25(24-39)10-12-28/h6-16,19,31-32,34,39H,2-5,17-18,20-24H2,1H3,(H2,36,37,41). The van der Waals surface area contributed by atoms with Gasteiger partial charge in [-0.3, -0.25) is 4.79 Å². The molecule has 5 rings (SSSR count). The molecule has 0 aromatic heterocycles. The topological polar surface area (TPSA) is 109 Å². The molecule has 3 aromatic carbocycles. The molecule has 3 atom stereocenters. The van der Waals surface area contributed by atoms with Crippen LogP contribution in [0.5, 0.6) is 0 Å². The van der Waals surface area contributed by atoms with Gasteiger partial charge in [-0.1, -0.05) is 73.2 Å². The molecule has 9 heteroatoms. The van der Waals surface area contributed by atoms with Gasteiger partial charge >= 0.3 is 12.0 Å². The number of benzene rings is 3. The second-order valence-electron chi connectivity index (χ2n) is 11.4. The van der Waals surface area contributed by atoms with Gasteiger partial charge in [0, 0.05) is 25.1 Å². The molecule has 2 fully saturated rings. The Morgan fingerprint density at radius 2 is 1.64 bits per heavy atom. The molecule has 2 amide bonds. The number of likely N-dealkylation sites (tertiary alicyclic amines) is 1. The number of nitrogens with zero attached hydrogens (tertiary/aromatic N) is 1. The number of rotatable bonds is 11. The zero-order chi connectivity index (χ0) is 30.7. The molecule has 2 aliphatic rings. The van der Waals surface area contributed by atoms with Crippen molar-refractivity contribution in [1.82, 2.24) is 15.5 Å². The molecule has 3 aromatic rings. The number of hydrogen-bond donors (Lipinski definition) is 3. The largest absolute Gasteiger partial charge is 0.465 e. The summed E-state index contributed by atoms with van der Waals surface area (Å²) in [6.07, 6.45) is 4.01. The van der Waals surface area contributed by atoms with E-state index in [-0.39, 0.29) is 32.0 Å². The highest BCUT2D eigenvalue weighted by Crippen LogP contribution is 2.39. The minimum absolute atomic E-state index is 0.0212. The van der Waals surface area contributed by atoms with Crippen LogP contribution in [0.1, 0.15) is 67.3 Å². The first kappa shape index (κ1) is 31.7. The Hall–Kier alpha value is -3.76. The summed E-state index contributed by atoms with van der Waals surface area (Å²) >= 11 is 0. The van der Waals surface area contributed by atoms with Crippen LogP contribution in [0.4, 0.5) is 4.79 Å². The predicted molar refractivity (Wildman–Crippen MR) is 167 cm³/mol. The van der Waals surface area contributed by atoms with Crippen molar-refractivity contribution in [3.63, 3.8) is 0 Å². The molecule has 0 aliphatic carbocycles. The van der Waals surface area contributed by atoms with Crippen molar-refractivity contribution in [3.8, 4) is 11.1 Å². The maximum Gasteiger partial charge on any atom is 0.325 e. The van der Waals surface area contributed by atoms with Crippen molar-refractivity contribution in [3.05, 3.63) is 95.1 Å². The fraction of sp³-hybridized carbons (Fsp3) is 0.429. The zero-order valence-electron chi connectivity index (χ0n) is 25.4. The average Bonchev–Trinajstić information content (AvgIpc) is 3.07. The lowest BCUT2D eigenvalue weighted by molar-refractivity contribution is -0.253. The van der Waals surface area contributed by atoms with Crippen LogP contribution in [0.15, 0.2) is 72.8 Å². The highest BCUT2D eigenvalue weighted by Gasteiger charge is 2.33. The number of piperidine rings is 1. The lowest BCUT2D eigenvalue weighted by atomic mass is 9.98. The number of urea groups is 1. The molecule has 3 N–H and O–H groups in total. The summed E-state index contributed by atoms with van der Waals surface area (Å²) in [6.45, 7) is 5.29. The number of hydrogen-bond acceptors (Lipinski definition) is 7. The summed E-state index contributed by atoms with van der Waals surface area (Å²) < 4.78 is 17.9. The Balaban J connectivity index is 1.24. The van der Waals surface area contributed by atoms with E-state index in [9.17, 15) is 14.7 Å². The maximum absolute atomic E-state index is 12.1. The summed E-state index contributed by atoms with van der Waals surface area (Å²) in [4.78, 5) is 26.0. The molecular weight excluding hydrogens is 558 g/mol. The Bertz CT molecular complexity index is 1360. The van der Waals surface area contributed by atoms with E-state index in [0.717, 1.165) is 59.4 Å². The van der Waals surface area contributed by atoms with Gasteiger partial charge in [0.25, 0.3) is 0 Å². The van der Waals surface area contributed by atoms with Crippen molar-refractivity contribution >= 4 is 12.0 Å². The van der Waals surface area contributed by atoms with Gasteiger partial charge in [-0.25, -0.2) is 4.79 Å². The third-order valence-electron chi connectivity index (χ3n) is 8.12. The molecule has 9 nitrogen and oxygen atoms in total. The van der Waals surface area contributed by atoms with Crippen molar-refractivity contribution in [2.75, 3.05) is 32.8 Å². The summed E-state index contributed by atoms with van der Waals surface area (Å²) in [5, 5.41) is 14.8. The Morgan fingerprint density at radius 1 is 0.886 bits per heavy atom. The van der Waals surface area contributed by atoms with Crippen LogP contribution >= 0.6 is 0 Å². The van der Waals surface area contributed by atoms with Crippen LogP contribution in [-0.2, 0) is 32.2 Å². The van der Waals surface area contributed by atoms with Crippen molar-refractivity contribution in [1.29, 1.82) is 0 Å². The van der Waals surface area contributed by atoms with E-state index in [1.807, 2.05) is 48.5 Å². The van der Waals surface area contributed by atoms with Crippen molar-refractivity contribution < 1.29 is 28.9 Å². The number of aliphatic hydroxyl groups excluding tert-OH is 1. The zero-order valence-corrected chi connectivity index (χ0v) is 25.4. The number of carbonyl (C=O) groups is 2. The Morgan fingerprint density at radius 3 is 2.36 bits per heavy atom. The maximum atomic E-state index is 12.1. The van der Waals surface area contributed by atoms with Gasteiger partial charge in [0.15, 0.2) is 6.29 Å². The SMILES string of the molecule is CCOC(=O)CNC(=O)NCc1cccc(-c2ccc(C3OC(CN4CCCCC4)CC(c4ccc(CO)cc4)O3)cc2)c1. The van der Waals surface area contributed by atoms with E-state index >= 15 is 0 Å². The Labute approximate surface area is 259 Å². The number of carbonyl (C=O) groups excluding carboxylic acids is 2. The van der Waals surface area contributed by atoms with Crippen molar-refractivity contribution in [2.24, 2.45) is 0 Å². The lowest BCUT2D eigenvalue weighted by Crippen LogP contribution is -2.41. The number of nitrogens with one attached hydrogen (secondary N) is 2. The number of ether oxygens (including phenoxy) is 3. The molecule has 2 aliphatic heterocycles. The van der Waals surface area contributed by atoms with Crippen LogP contribution in [-0.4, -0.2) is 60.9 Å². The fourth-order valence-electron chi connectivity index (χ4n) is 5.77. The third kappa shape index (κ3) is 8.89. The minimum Gasteiger partial charge on any atom is -0.465 e. The molecular formula is C35H43N3O6. The van der Waals surface area contributed by atoms with E-state index in [4.69, 9.17) is 14.2 Å². The molecule has 0 spiro atoms. The fourth-order valence-corrected chi connectivity index (χ4v) is 5.77. The van der Waals surface area contributed by atoms with Gasteiger partial charge in [-0.15, -0.1) is 0 Å². The molecule has 44 heavy (non-hydrogen) atoms. The lowest BCUT2D eigenvalue weighted by Gasteiger charge is -2.39. The first-order valence-corrected chi connectivity index (χ1v) is 15.6. The smallest absolute Gasteiger partial charge is 0.325 e. The normalized spacial score (nSPS) is 20.5. The van der Waals surface area contributed by atoms with Gasteiger partial charge in [0.05, 0.1) is 25.4 Å². The summed E-state index contributed by atoms with van der Waals surface area (Å²) in [6, 6.07) is 23.8. The quantitative estimate of drug-likeness (QED) is 0.258. The van der Waals surface area contributed by atoms with Gasteiger partial charge in [0.2, 0.25) is 0 Å². The highest BCUT2D eigenvalue weighted by atomic mass is 16.7. The summed E-state index contributed by atoms with van der Waals surface area (Å²) in [7, 11) is 0. The van der Waals surface area contributed by atoms with Crippen LogP contribution in [0.2, 0.25) is 0 Å². The summed E-state index contributed by atoms with van der Waals surface area (Å²) in [5.74, 6) is -0.470. The number of amides is 2. The Kier molecular flexibility index (Phi) is 11.4. The second-order valence-corrected chi connectivity index (χ2v) is 11.4. The van der Waals surface area contributed by atoms with Gasteiger partial charge in [-0.05, 0) is 66.7 Å². The first-order valence-electron chi connectivity index (χ1n) is 15.6. The monoisotopic (exact) mass is 601 g/mol. The average molecular weight is 602 g/mol.